The Hall–Kier alpha value is -1.30. The largest absolute Gasteiger partial charge is 0.248 e. The molecule has 2 aromatic heterocycles. The molecule has 6 heteroatoms. The second-order valence-electron chi connectivity index (χ2n) is 2.47. The highest BCUT2D eigenvalue weighted by Gasteiger charge is 2.07. The molecule has 0 aliphatic rings. The van der Waals surface area contributed by atoms with E-state index in [4.69, 9.17) is 0 Å². The van der Waals surface area contributed by atoms with E-state index in [1.807, 2.05) is 7.05 Å². The maximum absolute atomic E-state index is 4.01. The minimum atomic E-state index is 0.743. The maximum Gasteiger partial charge on any atom is 0.118 e. The van der Waals surface area contributed by atoms with Crippen LogP contribution in [-0.2, 0) is 7.05 Å². The van der Waals surface area contributed by atoms with Crippen LogP contribution in [0.15, 0.2) is 23.3 Å². The predicted molar refractivity (Wildman–Crippen MR) is 49.7 cm³/mol. The first-order valence-corrected chi connectivity index (χ1v) is 4.39. The first-order chi connectivity index (χ1) is 6.29. The number of hydrogen-bond acceptors (Lipinski definition) is 4. The van der Waals surface area contributed by atoms with Gasteiger partial charge in [-0.1, -0.05) is 5.21 Å². The zero-order valence-electron chi connectivity index (χ0n) is 6.85. The monoisotopic (exact) mass is 239 g/mol. The molecule has 2 heterocycles. The molecular formula is C7H6BrN5. The SMILES string of the molecule is Cn1nncc1-c1cncnc1Br. The molecule has 0 saturated heterocycles. The highest BCUT2D eigenvalue weighted by Crippen LogP contribution is 2.23. The zero-order valence-corrected chi connectivity index (χ0v) is 8.43. The van der Waals surface area contributed by atoms with Gasteiger partial charge in [-0.25, -0.2) is 14.6 Å². The number of aryl methyl sites for hydroxylation is 1. The van der Waals surface area contributed by atoms with Crippen LogP contribution in [0, 0.1) is 0 Å². The number of rotatable bonds is 1. The van der Waals surface area contributed by atoms with Crippen molar-refractivity contribution >= 4 is 15.9 Å². The van der Waals surface area contributed by atoms with Crippen LogP contribution in [0.25, 0.3) is 11.3 Å². The summed E-state index contributed by atoms with van der Waals surface area (Å²) in [5.41, 5.74) is 1.77. The Bertz CT molecular complexity index is 424. The van der Waals surface area contributed by atoms with Gasteiger partial charge >= 0.3 is 0 Å². The Morgan fingerprint density at radius 1 is 1.38 bits per heavy atom. The van der Waals surface area contributed by atoms with Crippen LogP contribution >= 0.6 is 15.9 Å². The smallest absolute Gasteiger partial charge is 0.118 e. The molecule has 0 saturated carbocycles. The number of aromatic nitrogens is 5. The van der Waals surface area contributed by atoms with Gasteiger partial charge in [-0.15, -0.1) is 5.10 Å². The number of halogens is 1. The second-order valence-corrected chi connectivity index (χ2v) is 3.22. The molecule has 0 bridgehead atoms. The minimum absolute atomic E-state index is 0.743. The van der Waals surface area contributed by atoms with Gasteiger partial charge in [-0.3, -0.25) is 0 Å². The lowest BCUT2D eigenvalue weighted by molar-refractivity contribution is 0.720. The Morgan fingerprint density at radius 2 is 2.23 bits per heavy atom. The summed E-state index contributed by atoms with van der Waals surface area (Å²) in [5, 5.41) is 7.60. The van der Waals surface area contributed by atoms with Gasteiger partial charge in [-0.2, -0.15) is 0 Å². The zero-order chi connectivity index (χ0) is 9.26. The molecule has 0 aliphatic heterocycles. The van der Waals surface area contributed by atoms with E-state index in [2.05, 4.69) is 36.2 Å². The topological polar surface area (TPSA) is 56.5 Å². The fraction of sp³-hybridized carbons (Fsp3) is 0.143. The minimum Gasteiger partial charge on any atom is -0.248 e. The first kappa shape index (κ1) is 8.31. The predicted octanol–water partition coefficient (Wildman–Crippen LogP) is 1.03. The number of hydrogen-bond donors (Lipinski definition) is 0. The molecule has 2 rings (SSSR count). The standard InChI is InChI=1S/C7H6BrN5/c1-13-6(3-11-12-13)5-2-9-4-10-7(5)8/h2-4H,1H3. The molecule has 0 spiro atoms. The summed E-state index contributed by atoms with van der Waals surface area (Å²) in [5.74, 6) is 0. The molecule has 0 aromatic carbocycles. The summed E-state index contributed by atoms with van der Waals surface area (Å²) < 4.78 is 2.41. The van der Waals surface area contributed by atoms with E-state index in [0.717, 1.165) is 15.9 Å². The van der Waals surface area contributed by atoms with Crippen LogP contribution in [0.2, 0.25) is 0 Å². The van der Waals surface area contributed by atoms with Crippen molar-refractivity contribution in [1.82, 2.24) is 25.0 Å². The van der Waals surface area contributed by atoms with Crippen molar-refractivity contribution in [2.24, 2.45) is 7.05 Å². The molecular weight excluding hydrogens is 234 g/mol. The quantitative estimate of drug-likeness (QED) is 0.698. The lowest BCUT2D eigenvalue weighted by atomic mass is 10.3. The molecule has 0 radical (unpaired) electrons. The van der Waals surface area contributed by atoms with Crippen molar-refractivity contribution in [3.63, 3.8) is 0 Å². The van der Waals surface area contributed by atoms with Crippen LogP contribution in [0.3, 0.4) is 0 Å². The Balaban J connectivity index is 2.59. The van der Waals surface area contributed by atoms with Crippen molar-refractivity contribution in [3.8, 4) is 11.3 Å². The third-order valence-corrected chi connectivity index (χ3v) is 2.29. The Morgan fingerprint density at radius 3 is 2.85 bits per heavy atom. The van der Waals surface area contributed by atoms with Crippen LogP contribution in [0.1, 0.15) is 0 Å². The average molecular weight is 240 g/mol. The summed E-state index contributed by atoms with van der Waals surface area (Å²) in [6, 6.07) is 0. The highest BCUT2D eigenvalue weighted by molar-refractivity contribution is 9.10. The maximum atomic E-state index is 4.01. The normalized spacial score (nSPS) is 10.3. The van der Waals surface area contributed by atoms with Gasteiger partial charge in [0.25, 0.3) is 0 Å². The van der Waals surface area contributed by atoms with Crippen LogP contribution in [-0.4, -0.2) is 25.0 Å². The van der Waals surface area contributed by atoms with Crippen molar-refractivity contribution in [2.45, 2.75) is 0 Å². The van der Waals surface area contributed by atoms with Gasteiger partial charge in [0.05, 0.1) is 17.5 Å². The fourth-order valence-corrected chi connectivity index (χ4v) is 1.42. The molecule has 66 valence electrons. The van der Waals surface area contributed by atoms with E-state index in [0.29, 0.717) is 0 Å². The summed E-state index contributed by atoms with van der Waals surface area (Å²) in [6.45, 7) is 0. The van der Waals surface area contributed by atoms with E-state index >= 15 is 0 Å². The summed E-state index contributed by atoms with van der Waals surface area (Å²) >= 11 is 3.33. The summed E-state index contributed by atoms with van der Waals surface area (Å²) in [6.07, 6.45) is 4.87. The van der Waals surface area contributed by atoms with Crippen molar-refractivity contribution in [2.75, 3.05) is 0 Å². The van der Waals surface area contributed by atoms with E-state index < -0.39 is 0 Å². The third-order valence-electron chi connectivity index (χ3n) is 1.65. The van der Waals surface area contributed by atoms with Crippen molar-refractivity contribution in [1.29, 1.82) is 0 Å². The van der Waals surface area contributed by atoms with Crippen LogP contribution in [0.4, 0.5) is 0 Å². The lowest BCUT2D eigenvalue weighted by Crippen LogP contribution is -1.95. The number of nitrogens with zero attached hydrogens (tertiary/aromatic N) is 5. The van der Waals surface area contributed by atoms with Crippen molar-refractivity contribution in [3.05, 3.63) is 23.3 Å². The summed E-state index contributed by atoms with van der Waals surface area (Å²) in [7, 11) is 1.82. The van der Waals surface area contributed by atoms with Gasteiger partial charge in [0.1, 0.15) is 10.9 Å². The Kier molecular flexibility index (Phi) is 2.05. The van der Waals surface area contributed by atoms with Crippen LogP contribution in [0.5, 0.6) is 0 Å². The lowest BCUT2D eigenvalue weighted by Gasteiger charge is -2.00. The Labute approximate surface area is 83.0 Å². The van der Waals surface area contributed by atoms with Crippen molar-refractivity contribution < 1.29 is 0 Å². The molecule has 2 aromatic rings. The second kappa shape index (κ2) is 3.21. The van der Waals surface area contributed by atoms with Gasteiger partial charge in [-0.05, 0) is 15.9 Å². The van der Waals surface area contributed by atoms with E-state index in [1.165, 1.54) is 6.33 Å². The summed E-state index contributed by atoms with van der Waals surface area (Å²) in [4.78, 5) is 7.95. The average Bonchev–Trinajstić information content (AvgIpc) is 2.52. The van der Waals surface area contributed by atoms with Gasteiger partial charge < -0.3 is 0 Å². The molecule has 0 fully saturated rings. The van der Waals surface area contributed by atoms with Gasteiger partial charge in [0, 0.05) is 13.2 Å². The third kappa shape index (κ3) is 1.44. The fourth-order valence-electron chi connectivity index (χ4n) is 1.02. The molecule has 0 unspecified atom stereocenters. The van der Waals surface area contributed by atoms with Gasteiger partial charge in [0.2, 0.25) is 0 Å². The van der Waals surface area contributed by atoms with E-state index in [9.17, 15) is 0 Å². The molecule has 0 atom stereocenters. The van der Waals surface area contributed by atoms with Gasteiger partial charge in [0.15, 0.2) is 0 Å². The van der Waals surface area contributed by atoms with Crippen LogP contribution < -0.4 is 0 Å². The van der Waals surface area contributed by atoms with E-state index in [-0.39, 0.29) is 0 Å². The van der Waals surface area contributed by atoms with E-state index in [1.54, 1.807) is 17.1 Å². The molecule has 13 heavy (non-hydrogen) atoms. The molecule has 5 nitrogen and oxygen atoms in total. The first-order valence-electron chi connectivity index (χ1n) is 3.59. The molecule has 0 amide bonds. The highest BCUT2D eigenvalue weighted by atomic mass is 79.9. The molecule has 0 N–H and O–H groups in total. The molecule has 0 aliphatic carbocycles.